The lowest BCUT2D eigenvalue weighted by Gasteiger charge is -2.19. The molecule has 20 heavy (non-hydrogen) atoms. The van der Waals surface area contributed by atoms with Crippen LogP contribution in [0.3, 0.4) is 0 Å². The number of carboxylic acids is 1. The zero-order valence-corrected chi connectivity index (χ0v) is 12.4. The fourth-order valence-corrected chi connectivity index (χ4v) is 2.08. The molecule has 0 unspecified atom stereocenters. The van der Waals surface area contributed by atoms with Crippen molar-refractivity contribution in [1.82, 2.24) is 9.88 Å². The Labute approximate surface area is 118 Å². The number of carbonyl (C=O) groups is 2. The first-order chi connectivity index (χ1) is 9.40. The second-order valence-electron chi connectivity index (χ2n) is 4.53. The lowest BCUT2D eigenvalue weighted by atomic mass is 10.1. The highest BCUT2D eigenvalue weighted by Crippen LogP contribution is 2.18. The number of amides is 1. The van der Waals surface area contributed by atoms with Gasteiger partial charge in [0.2, 0.25) is 5.91 Å². The highest BCUT2D eigenvalue weighted by molar-refractivity contribution is 5.95. The Morgan fingerprint density at radius 3 is 2.40 bits per heavy atom. The van der Waals surface area contributed by atoms with Gasteiger partial charge in [-0.2, -0.15) is 0 Å². The van der Waals surface area contributed by atoms with Crippen LogP contribution in [0.15, 0.2) is 6.07 Å². The van der Waals surface area contributed by atoms with Crippen LogP contribution in [0, 0.1) is 13.8 Å². The van der Waals surface area contributed by atoms with E-state index in [0.717, 1.165) is 0 Å². The number of carbonyl (C=O) groups excluding carboxylic acids is 1. The standard InChI is InChI=1S/C14H21N3O3/c1-5-17(6-2)11(18)8-15-13-12(14(19)20)9(3)7-10(4)16-13/h7H,5-6,8H2,1-4H3,(H,15,16)(H,19,20). The van der Waals surface area contributed by atoms with E-state index in [2.05, 4.69) is 10.3 Å². The summed E-state index contributed by atoms with van der Waals surface area (Å²) in [6.07, 6.45) is 0. The Morgan fingerprint density at radius 2 is 1.90 bits per heavy atom. The fraction of sp³-hybridized carbons (Fsp3) is 0.500. The normalized spacial score (nSPS) is 10.2. The van der Waals surface area contributed by atoms with Gasteiger partial charge in [-0.25, -0.2) is 9.78 Å². The van der Waals surface area contributed by atoms with E-state index in [1.807, 2.05) is 13.8 Å². The first-order valence-electron chi connectivity index (χ1n) is 6.63. The van der Waals surface area contributed by atoms with Crippen LogP contribution in [0.25, 0.3) is 0 Å². The number of hydrogen-bond donors (Lipinski definition) is 2. The number of rotatable bonds is 6. The molecule has 1 aromatic rings. The van der Waals surface area contributed by atoms with Crippen molar-refractivity contribution in [2.24, 2.45) is 0 Å². The summed E-state index contributed by atoms with van der Waals surface area (Å²) in [6, 6.07) is 1.71. The minimum absolute atomic E-state index is 0.0395. The van der Waals surface area contributed by atoms with Crippen molar-refractivity contribution in [1.29, 1.82) is 0 Å². The number of carboxylic acid groups (broad SMARTS) is 1. The maximum atomic E-state index is 11.9. The first-order valence-corrected chi connectivity index (χ1v) is 6.63. The third kappa shape index (κ3) is 3.69. The number of hydrogen-bond acceptors (Lipinski definition) is 4. The summed E-state index contributed by atoms with van der Waals surface area (Å²) in [7, 11) is 0. The number of aryl methyl sites for hydroxylation is 2. The molecule has 0 saturated carbocycles. The summed E-state index contributed by atoms with van der Waals surface area (Å²) in [5.74, 6) is -0.879. The van der Waals surface area contributed by atoms with Gasteiger partial charge in [-0.15, -0.1) is 0 Å². The van der Waals surface area contributed by atoms with Crippen LogP contribution in [0.2, 0.25) is 0 Å². The molecule has 110 valence electrons. The number of likely N-dealkylation sites (N-methyl/N-ethyl adjacent to an activating group) is 1. The second-order valence-corrected chi connectivity index (χ2v) is 4.53. The van der Waals surface area contributed by atoms with E-state index >= 15 is 0 Å². The van der Waals surface area contributed by atoms with Crippen molar-refractivity contribution in [3.63, 3.8) is 0 Å². The van der Waals surface area contributed by atoms with Crippen LogP contribution in [0.4, 0.5) is 5.82 Å². The molecule has 1 amide bonds. The largest absolute Gasteiger partial charge is 0.478 e. The summed E-state index contributed by atoms with van der Waals surface area (Å²) in [5.41, 5.74) is 1.45. The molecule has 2 N–H and O–H groups in total. The first kappa shape index (κ1) is 15.9. The smallest absolute Gasteiger partial charge is 0.339 e. The molecule has 0 aliphatic rings. The number of aromatic carboxylic acids is 1. The molecular weight excluding hydrogens is 258 g/mol. The van der Waals surface area contributed by atoms with Crippen molar-refractivity contribution < 1.29 is 14.7 Å². The highest BCUT2D eigenvalue weighted by atomic mass is 16.4. The lowest BCUT2D eigenvalue weighted by molar-refractivity contribution is -0.128. The quantitative estimate of drug-likeness (QED) is 0.827. The number of nitrogens with one attached hydrogen (secondary N) is 1. The maximum absolute atomic E-state index is 11.9. The Kier molecular flexibility index (Phi) is 5.49. The van der Waals surface area contributed by atoms with Crippen LogP contribution >= 0.6 is 0 Å². The van der Waals surface area contributed by atoms with E-state index in [-0.39, 0.29) is 23.8 Å². The summed E-state index contributed by atoms with van der Waals surface area (Å²) in [4.78, 5) is 29.0. The predicted molar refractivity (Wildman–Crippen MR) is 77.1 cm³/mol. The molecule has 0 spiro atoms. The third-order valence-electron chi connectivity index (χ3n) is 3.08. The maximum Gasteiger partial charge on any atom is 0.339 e. The predicted octanol–water partition coefficient (Wildman–Crippen LogP) is 1.68. The van der Waals surface area contributed by atoms with Gasteiger partial charge in [-0.1, -0.05) is 0 Å². The van der Waals surface area contributed by atoms with Gasteiger partial charge >= 0.3 is 5.97 Å². The van der Waals surface area contributed by atoms with Crippen LogP contribution in [-0.4, -0.2) is 46.5 Å². The minimum atomic E-state index is -1.05. The average Bonchev–Trinajstić information content (AvgIpc) is 2.36. The van der Waals surface area contributed by atoms with Crippen LogP contribution in [-0.2, 0) is 4.79 Å². The van der Waals surface area contributed by atoms with E-state index < -0.39 is 5.97 Å². The zero-order chi connectivity index (χ0) is 15.3. The van der Waals surface area contributed by atoms with Gasteiger partial charge in [0.1, 0.15) is 11.4 Å². The summed E-state index contributed by atoms with van der Waals surface area (Å²) < 4.78 is 0. The molecule has 0 aromatic carbocycles. The minimum Gasteiger partial charge on any atom is -0.478 e. The van der Waals surface area contributed by atoms with E-state index in [1.54, 1.807) is 24.8 Å². The van der Waals surface area contributed by atoms with Crippen molar-refractivity contribution in [2.75, 3.05) is 25.0 Å². The molecule has 6 nitrogen and oxygen atoms in total. The Balaban J connectivity index is 2.92. The molecule has 0 aliphatic heterocycles. The van der Waals surface area contributed by atoms with E-state index in [1.165, 1.54) is 0 Å². The molecule has 0 aliphatic carbocycles. The summed E-state index contributed by atoms with van der Waals surface area (Å²) >= 11 is 0. The SMILES string of the molecule is CCN(CC)C(=O)CNc1nc(C)cc(C)c1C(=O)O. The highest BCUT2D eigenvalue weighted by Gasteiger charge is 2.17. The Morgan fingerprint density at radius 1 is 1.30 bits per heavy atom. The molecule has 0 saturated heterocycles. The fourth-order valence-electron chi connectivity index (χ4n) is 2.08. The average molecular weight is 279 g/mol. The molecule has 1 heterocycles. The van der Waals surface area contributed by atoms with E-state index in [9.17, 15) is 14.7 Å². The zero-order valence-electron chi connectivity index (χ0n) is 12.4. The van der Waals surface area contributed by atoms with Crippen LogP contribution in [0.1, 0.15) is 35.5 Å². The van der Waals surface area contributed by atoms with Gasteiger partial charge in [0, 0.05) is 18.8 Å². The lowest BCUT2D eigenvalue weighted by Crippen LogP contribution is -2.35. The molecule has 0 bridgehead atoms. The van der Waals surface area contributed by atoms with Gasteiger partial charge in [0.25, 0.3) is 0 Å². The molecule has 1 aromatic heterocycles. The van der Waals surface area contributed by atoms with E-state index in [4.69, 9.17) is 0 Å². The van der Waals surface area contributed by atoms with Crippen molar-refractivity contribution >= 4 is 17.7 Å². The molecule has 0 radical (unpaired) electrons. The van der Waals surface area contributed by atoms with Crippen molar-refractivity contribution in [2.45, 2.75) is 27.7 Å². The topological polar surface area (TPSA) is 82.5 Å². The number of pyridine rings is 1. The second kappa shape index (κ2) is 6.88. The van der Waals surface area contributed by atoms with Gasteiger partial charge in [-0.05, 0) is 39.3 Å². The van der Waals surface area contributed by atoms with Crippen LogP contribution in [0.5, 0.6) is 0 Å². The van der Waals surface area contributed by atoms with Crippen molar-refractivity contribution in [3.05, 3.63) is 22.9 Å². The monoisotopic (exact) mass is 279 g/mol. The molecular formula is C14H21N3O3. The molecule has 6 heteroatoms. The van der Waals surface area contributed by atoms with Gasteiger partial charge in [0.05, 0.1) is 6.54 Å². The number of anilines is 1. The summed E-state index contributed by atoms with van der Waals surface area (Å²) in [5, 5.41) is 12.1. The number of aromatic nitrogens is 1. The summed E-state index contributed by atoms with van der Waals surface area (Å²) in [6.45, 7) is 8.60. The van der Waals surface area contributed by atoms with Crippen molar-refractivity contribution in [3.8, 4) is 0 Å². The van der Waals surface area contributed by atoms with E-state index in [0.29, 0.717) is 24.3 Å². The van der Waals surface area contributed by atoms with Crippen LogP contribution < -0.4 is 5.32 Å². The van der Waals surface area contributed by atoms with Gasteiger partial charge in [-0.3, -0.25) is 4.79 Å². The molecule has 1 rings (SSSR count). The molecule has 0 atom stereocenters. The molecule has 0 fully saturated rings. The third-order valence-corrected chi connectivity index (χ3v) is 3.08. The van der Waals surface area contributed by atoms with Gasteiger partial charge < -0.3 is 15.3 Å². The van der Waals surface area contributed by atoms with Gasteiger partial charge in [0.15, 0.2) is 0 Å². The Hall–Kier alpha value is -2.11. The Bertz CT molecular complexity index is 511. The number of nitrogens with zero attached hydrogens (tertiary/aromatic N) is 2.